The second-order valence-electron chi connectivity index (χ2n) is 4.46. The van der Waals surface area contributed by atoms with Gasteiger partial charge in [-0.05, 0) is 18.8 Å². The molecule has 2 unspecified atom stereocenters. The lowest BCUT2D eigenvalue weighted by molar-refractivity contribution is -0.137. The number of nitrogens with one attached hydrogen (secondary N) is 1. The fourth-order valence-corrected chi connectivity index (χ4v) is 3.16. The van der Waals surface area contributed by atoms with E-state index in [-0.39, 0.29) is 17.1 Å². The van der Waals surface area contributed by atoms with E-state index in [4.69, 9.17) is 5.11 Å². The van der Waals surface area contributed by atoms with Gasteiger partial charge in [0.2, 0.25) is 5.91 Å². The Morgan fingerprint density at radius 2 is 2.25 bits per heavy atom. The SMILES string of the molecule is CC(C)C(SC1CCCNC(=O)C1)C(=O)O. The van der Waals surface area contributed by atoms with Crippen molar-refractivity contribution in [2.24, 2.45) is 5.92 Å². The molecule has 1 aliphatic heterocycles. The quantitative estimate of drug-likeness (QED) is 0.787. The number of aliphatic carboxylic acids is 1. The van der Waals surface area contributed by atoms with Gasteiger partial charge >= 0.3 is 5.97 Å². The van der Waals surface area contributed by atoms with Crippen LogP contribution in [0.2, 0.25) is 0 Å². The molecule has 1 amide bonds. The summed E-state index contributed by atoms with van der Waals surface area (Å²) in [5.41, 5.74) is 0. The standard InChI is InChI=1S/C11H19NO3S/c1-7(2)10(11(14)15)16-8-4-3-5-12-9(13)6-8/h7-8,10H,3-6H2,1-2H3,(H,12,13)(H,14,15). The molecule has 0 bridgehead atoms. The number of hydrogen-bond donors (Lipinski definition) is 2. The summed E-state index contributed by atoms with van der Waals surface area (Å²) in [6.45, 7) is 4.53. The van der Waals surface area contributed by atoms with Crippen LogP contribution in [0.15, 0.2) is 0 Å². The lowest BCUT2D eigenvalue weighted by Crippen LogP contribution is -2.27. The molecule has 1 rings (SSSR count). The number of rotatable bonds is 4. The van der Waals surface area contributed by atoms with Gasteiger partial charge < -0.3 is 10.4 Å². The Labute approximate surface area is 100 Å². The first kappa shape index (κ1) is 13.4. The molecule has 16 heavy (non-hydrogen) atoms. The summed E-state index contributed by atoms with van der Waals surface area (Å²) in [7, 11) is 0. The molecule has 1 heterocycles. The Morgan fingerprint density at radius 3 is 2.81 bits per heavy atom. The van der Waals surface area contributed by atoms with Crippen molar-refractivity contribution in [3.8, 4) is 0 Å². The van der Waals surface area contributed by atoms with Crippen LogP contribution in [-0.4, -0.2) is 34.0 Å². The van der Waals surface area contributed by atoms with Gasteiger partial charge in [-0.15, -0.1) is 11.8 Å². The van der Waals surface area contributed by atoms with Gasteiger partial charge in [-0.2, -0.15) is 0 Å². The smallest absolute Gasteiger partial charge is 0.316 e. The van der Waals surface area contributed by atoms with Gasteiger partial charge in [0.05, 0.1) is 0 Å². The normalized spacial score (nSPS) is 23.7. The van der Waals surface area contributed by atoms with Gasteiger partial charge in [-0.3, -0.25) is 9.59 Å². The van der Waals surface area contributed by atoms with Crippen molar-refractivity contribution >= 4 is 23.6 Å². The predicted octanol–water partition coefficient (Wildman–Crippen LogP) is 1.50. The fraction of sp³-hybridized carbons (Fsp3) is 0.818. The van der Waals surface area contributed by atoms with Crippen LogP contribution in [0.3, 0.4) is 0 Å². The van der Waals surface area contributed by atoms with Gasteiger partial charge in [0.1, 0.15) is 5.25 Å². The van der Waals surface area contributed by atoms with E-state index in [1.165, 1.54) is 11.8 Å². The number of carboxylic acid groups (broad SMARTS) is 1. The topological polar surface area (TPSA) is 66.4 Å². The maximum absolute atomic E-state index is 11.3. The summed E-state index contributed by atoms with van der Waals surface area (Å²) < 4.78 is 0. The number of hydrogen-bond acceptors (Lipinski definition) is 3. The zero-order chi connectivity index (χ0) is 12.1. The van der Waals surface area contributed by atoms with E-state index < -0.39 is 11.2 Å². The van der Waals surface area contributed by atoms with Crippen molar-refractivity contribution in [2.45, 2.75) is 43.6 Å². The van der Waals surface area contributed by atoms with E-state index in [0.29, 0.717) is 6.42 Å². The first-order valence-corrected chi connectivity index (χ1v) is 6.60. The van der Waals surface area contributed by atoms with Crippen molar-refractivity contribution in [1.29, 1.82) is 0 Å². The van der Waals surface area contributed by atoms with Gasteiger partial charge in [0, 0.05) is 18.2 Å². The average Bonchev–Trinajstić information content (AvgIpc) is 2.38. The fourth-order valence-electron chi connectivity index (χ4n) is 1.76. The molecule has 0 aromatic heterocycles. The molecule has 2 N–H and O–H groups in total. The van der Waals surface area contributed by atoms with E-state index >= 15 is 0 Å². The minimum absolute atomic E-state index is 0.0443. The zero-order valence-corrected chi connectivity index (χ0v) is 10.5. The van der Waals surface area contributed by atoms with Gasteiger partial charge in [0.15, 0.2) is 0 Å². The molecule has 0 saturated carbocycles. The molecule has 0 aromatic rings. The van der Waals surface area contributed by atoms with Crippen molar-refractivity contribution in [3.63, 3.8) is 0 Å². The molecule has 1 saturated heterocycles. The van der Waals surface area contributed by atoms with E-state index in [0.717, 1.165) is 19.4 Å². The largest absolute Gasteiger partial charge is 0.480 e. The van der Waals surface area contributed by atoms with Crippen molar-refractivity contribution in [2.75, 3.05) is 6.54 Å². The predicted molar refractivity (Wildman–Crippen MR) is 64.5 cm³/mol. The third-order valence-electron chi connectivity index (χ3n) is 2.63. The van der Waals surface area contributed by atoms with Crippen LogP contribution in [-0.2, 0) is 9.59 Å². The maximum Gasteiger partial charge on any atom is 0.316 e. The van der Waals surface area contributed by atoms with Crippen LogP contribution < -0.4 is 5.32 Å². The molecule has 1 fully saturated rings. The second kappa shape index (κ2) is 6.13. The van der Waals surface area contributed by atoms with Crippen LogP contribution in [0.1, 0.15) is 33.1 Å². The highest BCUT2D eigenvalue weighted by Crippen LogP contribution is 2.30. The number of thioether (sulfide) groups is 1. The van der Waals surface area contributed by atoms with Crippen LogP contribution in [0.5, 0.6) is 0 Å². The molecule has 0 radical (unpaired) electrons. The van der Waals surface area contributed by atoms with Crippen molar-refractivity contribution < 1.29 is 14.7 Å². The minimum atomic E-state index is -0.773. The van der Waals surface area contributed by atoms with Crippen LogP contribution in [0.4, 0.5) is 0 Å². The van der Waals surface area contributed by atoms with Gasteiger partial charge in [0.25, 0.3) is 0 Å². The number of amides is 1. The molecule has 0 aliphatic carbocycles. The van der Waals surface area contributed by atoms with Gasteiger partial charge in [-0.25, -0.2) is 0 Å². The van der Waals surface area contributed by atoms with Crippen LogP contribution in [0, 0.1) is 5.92 Å². The Morgan fingerprint density at radius 1 is 1.56 bits per heavy atom. The van der Waals surface area contributed by atoms with Crippen LogP contribution >= 0.6 is 11.8 Å². The molecular weight excluding hydrogens is 226 g/mol. The lowest BCUT2D eigenvalue weighted by Gasteiger charge is -2.21. The summed E-state index contributed by atoms with van der Waals surface area (Å²) in [4.78, 5) is 22.4. The Balaban J connectivity index is 2.55. The zero-order valence-electron chi connectivity index (χ0n) is 9.73. The highest BCUT2D eigenvalue weighted by atomic mass is 32.2. The summed E-state index contributed by atoms with van der Waals surface area (Å²) in [6, 6.07) is 0. The first-order valence-electron chi connectivity index (χ1n) is 5.65. The molecule has 0 aromatic carbocycles. The van der Waals surface area contributed by atoms with E-state index in [2.05, 4.69) is 5.32 Å². The van der Waals surface area contributed by atoms with Gasteiger partial charge in [-0.1, -0.05) is 13.8 Å². The third-order valence-corrected chi connectivity index (χ3v) is 4.45. The monoisotopic (exact) mass is 245 g/mol. The molecule has 5 heteroatoms. The van der Waals surface area contributed by atoms with E-state index in [9.17, 15) is 9.59 Å². The number of carbonyl (C=O) groups is 2. The summed E-state index contributed by atoms with van der Waals surface area (Å²) in [5, 5.41) is 11.6. The minimum Gasteiger partial charge on any atom is -0.480 e. The summed E-state index contributed by atoms with van der Waals surface area (Å²) in [6.07, 6.45) is 2.30. The van der Waals surface area contributed by atoms with Crippen molar-refractivity contribution in [1.82, 2.24) is 5.32 Å². The molecule has 2 atom stereocenters. The molecule has 1 aliphatic rings. The summed E-state index contributed by atoms with van der Waals surface area (Å²) in [5.74, 6) is -0.638. The third kappa shape index (κ3) is 4.04. The van der Waals surface area contributed by atoms with E-state index in [1.54, 1.807) is 0 Å². The highest BCUT2D eigenvalue weighted by molar-refractivity contribution is 8.01. The Hall–Kier alpha value is -0.710. The number of carbonyl (C=O) groups excluding carboxylic acids is 1. The Kier molecular flexibility index (Phi) is 5.12. The first-order chi connectivity index (χ1) is 7.50. The average molecular weight is 245 g/mol. The number of carboxylic acids is 1. The molecular formula is C11H19NO3S. The van der Waals surface area contributed by atoms with Crippen LogP contribution in [0.25, 0.3) is 0 Å². The summed E-state index contributed by atoms with van der Waals surface area (Å²) >= 11 is 1.44. The molecule has 0 spiro atoms. The Bertz CT molecular complexity index is 268. The van der Waals surface area contributed by atoms with E-state index in [1.807, 2.05) is 13.8 Å². The molecule has 92 valence electrons. The highest BCUT2D eigenvalue weighted by Gasteiger charge is 2.28. The maximum atomic E-state index is 11.3. The van der Waals surface area contributed by atoms with Crippen molar-refractivity contribution in [3.05, 3.63) is 0 Å². The molecule has 4 nitrogen and oxygen atoms in total. The lowest BCUT2D eigenvalue weighted by atomic mass is 10.1. The second-order valence-corrected chi connectivity index (χ2v) is 5.90.